The summed E-state index contributed by atoms with van der Waals surface area (Å²) in [6, 6.07) is 8.01. The second-order valence-electron chi connectivity index (χ2n) is 4.99. The van der Waals surface area contributed by atoms with E-state index < -0.39 is 30.0 Å². The topological polar surface area (TPSA) is 108 Å². The zero-order valence-electron chi connectivity index (χ0n) is 13.4. The Hall–Kier alpha value is -2.55. The summed E-state index contributed by atoms with van der Waals surface area (Å²) in [6.45, 7) is -1.06. The molecule has 2 rings (SSSR count). The van der Waals surface area contributed by atoms with E-state index in [4.69, 9.17) is 44.3 Å². The summed E-state index contributed by atoms with van der Waals surface area (Å²) in [5, 5.41) is 13.6. The van der Waals surface area contributed by atoms with Crippen LogP contribution in [0, 0.1) is 10.1 Å². The number of rotatable bonds is 7. The van der Waals surface area contributed by atoms with Crippen LogP contribution >= 0.6 is 34.8 Å². The summed E-state index contributed by atoms with van der Waals surface area (Å²) >= 11 is 17.5. The number of benzene rings is 2. The fraction of sp³-hybridized carbons (Fsp3) is 0.125. The number of carbonyl (C=O) groups is 2. The van der Waals surface area contributed by atoms with E-state index in [1.54, 1.807) is 0 Å². The van der Waals surface area contributed by atoms with Gasteiger partial charge in [-0.15, -0.1) is 0 Å². The quantitative estimate of drug-likeness (QED) is 0.400. The van der Waals surface area contributed by atoms with E-state index >= 15 is 0 Å². The van der Waals surface area contributed by atoms with Gasteiger partial charge in [0.2, 0.25) is 0 Å². The van der Waals surface area contributed by atoms with Gasteiger partial charge < -0.3 is 14.8 Å². The number of nitrogens with zero attached hydrogens (tertiary/aromatic N) is 1. The van der Waals surface area contributed by atoms with Gasteiger partial charge in [0.25, 0.3) is 11.6 Å². The molecule has 0 radical (unpaired) electrons. The molecule has 11 heteroatoms. The largest absolute Gasteiger partial charge is 0.480 e. The van der Waals surface area contributed by atoms with Gasteiger partial charge in [0.1, 0.15) is 5.75 Å². The number of hydrogen-bond donors (Lipinski definition) is 1. The maximum Gasteiger partial charge on any atom is 0.344 e. The summed E-state index contributed by atoms with van der Waals surface area (Å²) in [5.41, 5.74) is -0.0741. The summed E-state index contributed by atoms with van der Waals surface area (Å²) in [4.78, 5) is 33.5. The van der Waals surface area contributed by atoms with Crippen molar-refractivity contribution in [2.45, 2.75) is 0 Å². The highest BCUT2D eigenvalue weighted by Gasteiger charge is 2.14. The smallest absolute Gasteiger partial charge is 0.344 e. The van der Waals surface area contributed by atoms with Crippen molar-refractivity contribution in [2.75, 3.05) is 18.5 Å². The van der Waals surface area contributed by atoms with Gasteiger partial charge in [-0.1, -0.05) is 34.8 Å². The SMILES string of the molecule is O=C(COC(=O)COc1ccc(Cl)cc1Cl)Nc1ccc([N+](=O)[O-])cc1Cl. The number of ether oxygens (including phenoxy) is 2. The third-order valence-electron chi connectivity index (χ3n) is 3.04. The number of nitro groups is 1. The molecule has 0 saturated heterocycles. The van der Waals surface area contributed by atoms with Crippen LogP contribution in [0.5, 0.6) is 5.75 Å². The van der Waals surface area contributed by atoms with Crippen LogP contribution in [0.25, 0.3) is 0 Å². The molecule has 0 aliphatic heterocycles. The van der Waals surface area contributed by atoms with Crippen molar-refractivity contribution in [3.05, 3.63) is 61.6 Å². The van der Waals surface area contributed by atoms with E-state index in [-0.39, 0.29) is 27.2 Å². The van der Waals surface area contributed by atoms with Crippen molar-refractivity contribution in [1.82, 2.24) is 0 Å². The number of anilines is 1. The van der Waals surface area contributed by atoms with Gasteiger partial charge in [-0.3, -0.25) is 14.9 Å². The minimum Gasteiger partial charge on any atom is -0.480 e. The molecule has 0 unspecified atom stereocenters. The Morgan fingerprint density at radius 1 is 1.04 bits per heavy atom. The molecule has 0 fully saturated rings. The molecule has 0 heterocycles. The van der Waals surface area contributed by atoms with E-state index in [1.807, 2.05) is 0 Å². The highest BCUT2D eigenvalue weighted by Crippen LogP contribution is 2.28. The Bertz CT molecular complexity index is 890. The predicted octanol–water partition coefficient (Wildman–Crippen LogP) is 4.12. The Morgan fingerprint density at radius 2 is 1.78 bits per heavy atom. The monoisotopic (exact) mass is 432 g/mol. The normalized spacial score (nSPS) is 10.2. The first-order valence-electron chi connectivity index (χ1n) is 7.23. The van der Waals surface area contributed by atoms with Gasteiger partial charge in [-0.25, -0.2) is 4.79 Å². The number of carbonyl (C=O) groups excluding carboxylic acids is 2. The van der Waals surface area contributed by atoms with Crippen LogP contribution in [0.3, 0.4) is 0 Å². The zero-order valence-corrected chi connectivity index (χ0v) is 15.7. The Labute approximate surface area is 168 Å². The maximum absolute atomic E-state index is 11.8. The van der Waals surface area contributed by atoms with E-state index in [9.17, 15) is 19.7 Å². The molecule has 1 amide bonds. The van der Waals surface area contributed by atoms with Crippen molar-refractivity contribution in [3.63, 3.8) is 0 Å². The van der Waals surface area contributed by atoms with Gasteiger partial charge in [0.15, 0.2) is 13.2 Å². The average molecular weight is 434 g/mol. The first-order valence-corrected chi connectivity index (χ1v) is 8.37. The van der Waals surface area contributed by atoms with Crippen LogP contribution in [0.1, 0.15) is 0 Å². The molecule has 0 atom stereocenters. The summed E-state index contributed by atoms with van der Waals surface area (Å²) < 4.78 is 9.94. The molecule has 142 valence electrons. The van der Waals surface area contributed by atoms with E-state index in [1.165, 1.54) is 30.3 Å². The van der Waals surface area contributed by atoms with Crippen LogP contribution in [0.4, 0.5) is 11.4 Å². The average Bonchev–Trinajstić information content (AvgIpc) is 2.60. The standard InChI is InChI=1S/C16H11Cl3N2O6/c17-9-1-4-14(12(19)5-9)26-8-16(23)27-7-15(22)20-13-3-2-10(21(24)25)6-11(13)18/h1-6H,7-8H2,(H,20,22). The molecule has 27 heavy (non-hydrogen) atoms. The van der Waals surface area contributed by atoms with E-state index in [0.717, 1.165) is 6.07 Å². The molecule has 8 nitrogen and oxygen atoms in total. The first kappa shape index (κ1) is 20.8. The Morgan fingerprint density at radius 3 is 2.41 bits per heavy atom. The molecule has 2 aromatic carbocycles. The van der Waals surface area contributed by atoms with Crippen molar-refractivity contribution in [1.29, 1.82) is 0 Å². The number of hydrogen-bond acceptors (Lipinski definition) is 6. The van der Waals surface area contributed by atoms with Crippen LogP contribution in [-0.4, -0.2) is 30.0 Å². The van der Waals surface area contributed by atoms with Crippen LogP contribution in [-0.2, 0) is 14.3 Å². The zero-order chi connectivity index (χ0) is 20.0. The maximum atomic E-state index is 11.8. The summed E-state index contributed by atoms with van der Waals surface area (Å²) in [6.07, 6.45) is 0. The lowest BCUT2D eigenvalue weighted by Gasteiger charge is -2.09. The molecular weight excluding hydrogens is 423 g/mol. The Kier molecular flexibility index (Phi) is 7.23. The van der Waals surface area contributed by atoms with Gasteiger partial charge >= 0.3 is 5.97 Å². The van der Waals surface area contributed by atoms with Gasteiger partial charge in [-0.05, 0) is 24.3 Å². The molecule has 2 aromatic rings. The highest BCUT2D eigenvalue weighted by molar-refractivity contribution is 6.35. The number of esters is 1. The lowest BCUT2D eigenvalue weighted by atomic mass is 10.3. The molecule has 0 saturated carbocycles. The highest BCUT2D eigenvalue weighted by atomic mass is 35.5. The van der Waals surface area contributed by atoms with Crippen LogP contribution in [0.15, 0.2) is 36.4 Å². The first-order chi connectivity index (χ1) is 12.8. The number of halogens is 3. The molecule has 0 aliphatic carbocycles. The molecular formula is C16H11Cl3N2O6. The fourth-order valence-electron chi connectivity index (χ4n) is 1.82. The molecule has 0 bridgehead atoms. The minimum atomic E-state index is -0.800. The van der Waals surface area contributed by atoms with Crippen molar-refractivity contribution < 1.29 is 24.0 Å². The van der Waals surface area contributed by atoms with Gasteiger partial charge in [-0.2, -0.15) is 0 Å². The summed E-state index contributed by atoms with van der Waals surface area (Å²) in [5.74, 6) is -1.24. The number of non-ortho nitro benzene ring substituents is 1. The molecule has 0 spiro atoms. The predicted molar refractivity (Wildman–Crippen MR) is 99.7 cm³/mol. The van der Waals surface area contributed by atoms with Gasteiger partial charge in [0.05, 0.1) is 20.7 Å². The third-order valence-corrected chi connectivity index (χ3v) is 3.88. The number of nitro benzene ring substituents is 1. The van der Waals surface area contributed by atoms with E-state index in [0.29, 0.717) is 5.02 Å². The summed E-state index contributed by atoms with van der Waals surface area (Å²) in [7, 11) is 0. The molecule has 1 N–H and O–H groups in total. The van der Waals surface area contributed by atoms with Crippen molar-refractivity contribution in [3.8, 4) is 5.75 Å². The second kappa shape index (κ2) is 9.40. The second-order valence-corrected chi connectivity index (χ2v) is 6.24. The lowest BCUT2D eigenvalue weighted by Crippen LogP contribution is -2.23. The van der Waals surface area contributed by atoms with Crippen molar-refractivity contribution in [2.24, 2.45) is 0 Å². The molecule has 0 aliphatic rings. The number of amides is 1. The van der Waals surface area contributed by atoms with Crippen molar-refractivity contribution >= 4 is 58.1 Å². The minimum absolute atomic E-state index is 0.0235. The van der Waals surface area contributed by atoms with Crippen LogP contribution in [0.2, 0.25) is 15.1 Å². The lowest BCUT2D eigenvalue weighted by molar-refractivity contribution is -0.384. The fourth-order valence-corrected chi connectivity index (χ4v) is 2.51. The van der Waals surface area contributed by atoms with Gasteiger partial charge in [0, 0.05) is 17.2 Å². The number of nitrogens with one attached hydrogen (secondary N) is 1. The molecule has 0 aromatic heterocycles. The Balaban J connectivity index is 1.81. The third kappa shape index (κ3) is 6.28. The van der Waals surface area contributed by atoms with Crippen LogP contribution < -0.4 is 10.1 Å². The van der Waals surface area contributed by atoms with E-state index in [2.05, 4.69) is 5.32 Å².